The normalized spacial score (nSPS) is 10.6. The van der Waals surface area contributed by atoms with Crippen molar-refractivity contribution >= 4 is 35.4 Å². The molecule has 158 valence electrons. The number of furan rings is 1. The lowest BCUT2D eigenvalue weighted by atomic mass is 10.3. The fourth-order valence-electron chi connectivity index (χ4n) is 2.68. The number of thiophene rings is 1. The second-order valence-electron chi connectivity index (χ2n) is 6.29. The Balaban J connectivity index is 1.30. The SMILES string of the molecule is O=C(Cn1c(-c2cccs2)n[nH]c1=S)NNC(=O)c1ccc(COc2ccccc2)o1. The van der Waals surface area contributed by atoms with E-state index in [1.165, 1.54) is 17.4 Å². The summed E-state index contributed by atoms with van der Waals surface area (Å²) in [6.45, 7) is 0.0606. The minimum atomic E-state index is -0.589. The van der Waals surface area contributed by atoms with Gasteiger partial charge in [-0.2, -0.15) is 5.10 Å². The Morgan fingerprint density at radius 3 is 2.74 bits per heavy atom. The monoisotopic (exact) mass is 455 g/mol. The second kappa shape index (κ2) is 9.41. The summed E-state index contributed by atoms with van der Waals surface area (Å²) in [6, 6.07) is 16.2. The fraction of sp³-hybridized carbons (Fsp3) is 0.100. The molecule has 0 radical (unpaired) electrons. The van der Waals surface area contributed by atoms with E-state index in [1.54, 1.807) is 10.6 Å². The summed E-state index contributed by atoms with van der Waals surface area (Å²) in [7, 11) is 0. The van der Waals surface area contributed by atoms with Crippen molar-refractivity contribution in [2.45, 2.75) is 13.2 Å². The van der Waals surface area contributed by atoms with Crippen molar-refractivity contribution in [3.05, 3.63) is 76.3 Å². The lowest BCUT2D eigenvalue weighted by Gasteiger charge is -2.08. The molecule has 0 aliphatic carbocycles. The zero-order valence-electron chi connectivity index (χ0n) is 16.0. The number of carbonyl (C=O) groups is 2. The molecule has 11 heteroatoms. The number of hydrogen-bond acceptors (Lipinski definition) is 7. The van der Waals surface area contributed by atoms with Crippen LogP contribution in [-0.2, 0) is 17.9 Å². The Hall–Kier alpha value is -3.70. The van der Waals surface area contributed by atoms with Gasteiger partial charge in [-0.3, -0.25) is 30.1 Å². The molecule has 0 bridgehead atoms. The molecule has 0 fully saturated rings. The standard InChI is InChI=1S/C20H17N5O4S2/c26-17(11-25-18(22-24-20(25)30)16-7-4-10-31-16)21-23-19(27)15-9-8-14(29-15)12-28-13-5-2-1-3-6-13/h1-10H,11-12H2,(H,21,26)(H,23,27)(H,24,30). The lowest BCUT2D eigenvalue weighted by molar-refractivity contribution is -0.122. The highest BCUT2D eigenvalue weighted by atomic mass is 32.1. The molecule has 0 saturated carbocycles. The topological polar surface area (TPSA) is 114 Å². The van der Waals surface area contributed by atoms with E-state index in [-0.39, 0.29) is 18.9 Å². The number of ether oxygens (including phenoxy) is 1. The number of amides is 2. The minimum absolute atomic E-state index is 0.0474. The van der Waals surface area contributed by atoms with Gasteiger partial charge in [0.2, 0.25) is 0 Å². The molecule has 0 aliphatic heterocycles. The number of H-pyrrole nitrogens is 1. The first-order chi connectivity index (χ1) is 15.1. The van der Waals surface area contributed by atoms with Crippen molar-refractivity contribution in [2.75, 3.05) is 0 Å². The number of hydrogen-bond donors (Lipinski definition) is 3. The van der Waals surface area contributed by atoms with Crippen LogP contribution in [0.25, 0.3) is 10.7 Å². The maximum atomic E-state index is 12.3. The summed E-state index contributed by atoms with van der Waals surface area (Å²) in [5.41, 5.74) is 4.67. The molecule has 9 nitrogen and oxygen atoms in total. The first kappa shape index (κ1) is 20.6. The van der Waals surface area contributed by atoms with Crippen LogP contribution >= 0.6 is 23.6 Å². The quantitative estimate of drug-likeness (QED) is 0.291. The molecule has 3 aromatic heterocycles. The van der Waals surface area contributed by atoms with Gasteiger partial charge in [0.1, 0.15) is 24.7 Å². The van der Waals surface area contributed by atoms with Crippen LogP contribution in [0.3, 0.4) is 0 Å². The summed E-state index contributed by atoms with van der Waals surface area (Å²) in [5, 5.41) is 8.74. The average Bonchev–Trinajstić information content (AvgIpc) is 3.54. The van der Waals surface area contributed by atoms with Crippen LogP contribution in [0.1, 0.15) is 16.3 Å². The van der Waals surface area contributed by atoms with Gasteiger partial charge in [-0.1, -0.05) is 24.3 Å². The van der Waals surface area contributed by atoms with Gasteiger partial charge in [-0.15, -0.1) is 11.3 Å². The molecule has 0 aliphatic rings. The number of rotatable bonds is 7. The van der Waals surface area contributed by atoms with Crippen molar-refractivity contribution in [1.82, 2.24) is 25.6 Å². The molecule has 31 heavy (non-hydrogen) atoms. The second-order valence-corrected chi connectivity index (χ2v) is 7.62. The van der Waals surface area contributed by atoms with Gasteiger partial charge in [-0.25, -0.2) is 0 Å². The van der Waals surface area contributed by atoms with Gasteiger partial charge in [-0.05, 0) is 47.9 Å². The van der Waals surface area contributed by atoms with Gasteiger partial charge < -0.3 is 9.15 Å². The third-order valence-corrected chi connectivity index (χ3v) is 5.30. The molecule has 3 N–H and O–H groups in total. The minimum Gasteiger partial charge on any atom is -0.486 e. The predicted molar refractivity (Wildman–Crippen MR) is 116 cm³/mol. The van der Waals surface area contributed by atoms with E-state index in [9.17, 15) is 9.59 Å². The Labute approximate surface area is 185 Å². The maximum absolute atomic E-state index is 12.3. The highest BCUT2D eigenvalue weighted by Gasteiger charge is 2.15. The zero-order chi connectivity index (χ0) is 21.6. The van der Waals surface area contributed by atoms with Crippen molar-refractivity contribution in [2.24, 2.45) is 0 Å². The number of carbonyl (C=O) groups excluding carboxylic acids is 2. The predicted octanol–water partition coefficient (Wildman–Crippen LogP) is 3.30. The number of nitrogens with zero attached hydrogens (tertiary/aromatic N) is 2. The van der Waals surface area contributed by atoms with Gasteiger partial charge in [0.25, 0.3) is 5.91 Å². The van der Waals surface area contributed by atoms with Crippen LogP contribution in [0.15, 0.2) is 64.4 Å². The molecule has 0 atom stereocenters. The summed E-state index contributed by atoms with van der Waals surface area (Å²) in [6.07, 6.45) is 0. The van der Waals surface area contributed by atoms with Crippen molar-refractivity contribution < 1.29 is 18.7 Å². The van der Waals surface area contributed by atoms with Crippen LogP contribution in [0, 0.1) is 4.77 Å². The molecule has 2 amide bonds. The average molecular weight is 456 g/mol. The van der Waals surface area contributed by atoms with E-state index in [0.29, 0.717) is 22.1 Å². The number of nitrogens with one attached hydrogen (secondary N) is 3. The molecule has 4 aromatic rings. The molecule has 0 spiro atoms. The van der Waals surface area contributed by atoms with E-state index in [0.717, 1.165) is 4.88 Å². The lowest BCUT2D eigenvalue weighted by Crippen LogP contribution is -2.43. The summed E-state index contributed by atoms with van der Waals surface area (Å²) in [5.74, 6) is 0.709. The number of aromatic nitrogens is 3. The maximum Gasteiger partial charge on any atom is 0.305 e. The number of benzene rings is 1. The summed E-state index contributed by atoms with van der Waals surface area (Å²) < 4.78 is 12.9. The Morgan fingerprint density at radius 2 is 1.97 bits per heavy atom. The van der Waals surface area contributed by atoms with Crippen LogP contribution in [-0.4, -0.2) is 26.6 Å². The number of hydrazine groups is 1. The molecule has 3 heterocycles. The van der Waals surface area contributed by atoms with Crippen LogP contribution < -0.4 is 15.6 Å². The van der Waals surface area contributed by atoms with Crippen molar-refractivity contribution in [3.8, 4) is 16.5 Å². The number of aromatic amines is 1. The molecule has 0 unspecified atom stereocenters. The van der Waals surface area contributed by atoms with E-state index < -0.39 is 11.8 Å². The van der Waals surface area contributed by atoms with E-state index in [1.807, 2.05) is 47.8 Å². The Morgan fingerprint density at radius 1 is 1.13 bits per heavy atom. The molecular weight excluding hydrogens is 438 g/mol. The van der Waals surface area contributed by atoms with Crippen LogP contribution in [0.4, 0.5) is 0 Å². The molecule has 4 rings (SSSR count). The van der Waals surface area contributed by atoms with E-state index in [2.05, 4.69) is 21.0 Å². The molecular formula is C20H17N5O4S2. The highest BCUT2D eigenvalue weighted by molar-refractivity contribution is 7.71. The summed E-state index contributed by atoms with van der Waals surface area (Å²) in [4.78, 5) is 25.4. The zero-order valence-corrected chi connectivity index (χ0v) is 17.7. The van der Waals surface area contributed by atoms with Crippen LogP contribution in [0.2, 0.25) is 0 Å². The molecule has 1 aromatic carbocycles. The molecule has 0 saturated heterocycles. The largest absolute Gasteiger partial charge is 0.486 e. The third kappa shape index (κ3) is 5.08. The van der Waals surface area contributed by atoms with Gasteiger partial charge in [0, 0.05) is 0 Å². The van der Waals surface area contributed by atoms with E-state index >= 15 is 0 Å². The number of para-hydroxylation sites is 1. The van der Waals surface area contributed by atoms with Gasteiger partial charge in [0.15, 0.2) is 16.4 Å². The van der Waals surface area contributed by atoms with E-state index in [4.69, 9.17) is 21.4 Å². The highest BCUT2D eigenvalue weighted by Crippen LogP contribution is 2.22. The Bertz CT molecular complexity index is 1230. The smallest absolute Gasteiger partial charge is 0.305 e. The van der Waals surface area contributed by atoms with Gasteiger partial charge in [0.05, 0.1) is 4.88 Å². The van der Waals surface area contributed by atoms with Gasteiger partial charge >= 0.3 is 5.91 Å². The first-order valence-corrected chi connectivity index (χ1v) is 10.4. The van der Waals surface area contributed by atoms with Crippen molar-refractivity contribution in [1.29, 1.82) is 0 Å². The third-order valence-electron chi connectivity index (χ3n) is 4.13. The fourth-order valence-corrected chi connectivity index (χ4v) is 3.60. The van der Waals surface area contributed by atoms with Crippen molar-refractivity contribution in [3.63, 3.8) is 0 Å². The van der Waals surface area contributed by atoms with Crippen LogP contribution in [0.5, 0.6) is 5.75 Å². The first-order valence-electron chi connectivity index (χ1n) is 9.15. The Kier molecular flexibility index (Phi) is 6.24. The summed E-state index contributed by atoms with van der Waals surface area (Å²) >= 11 is 6.67.